The number of thioether (sulfide) groups is 1. The number of rotatable bonds is 5. The highest BCUT2D eigenvalue weighted by atomic mass is 32.2. The van der Waals surface area contributed by atoms with Crippen LogP contribution in [-0.4, -0.2) is 36.1 Å². The topological polar surface area (TPSA) is 29.3 Å². The Hall–Kier alpha value is 0.200. The molecule has 0 unspecified atom stereocenters. The summed E-state index contributed by atoms with van der Waals surface area (Å²) in [5.74, 6) is 1.09. The summed E-state index contributed by atoms with van der Waals surface area (Å²) in [5, 5.41) is 0. The van der Waals surface area contributed by atoms with Gasteiger partial charge in [-0.15, -0.1) is 0 Å². The van der Waals surface area contributed by atoms with Crippen LogP contribution >= 0.6 is 24.0 Å². The molecule has 0 rings (SSSR count). The molecule has 0 aliphatic carbocycles. The van der Waals surface area contributed by atoms with Gasteiger partial charge in [0.15, 0.2) is 0 Å². The first-order valence-corrected chi connectivity index (χ1v) is 6.43. The molecule has 86 valence electrons. The fourth-order valence-corrected chi connectivity index (χ4v) is 1.50. The molecule has 0 spiro atoms. The molecule has 0 aliphatic rings. The Morgan fingerprint density at radius 3 is 2.07 bits per heavy atom. The van der Waals surface area contributed by atoms with Gasteiger partial charge in [-0.3, -0.25) is 0 Å². The van der Waals surface area contributed by atoms with Crippen LogP contribution in [0.3, 0.4) is 0 Å². The van der Waals surface area contributed by atoms with E-state index in [4.69, 9.17) is 18.0 Å². The number of hydrogen-bond donors (Lipinski definition) is 1. The van der Waals surface area contributed by atoms with Gasteiger partial charge in [-0.25, -0.2) is 0 Å². The lowest BCUT2D eigenvalue weighted by molar-refractivity contribution is 0.505. The zero-order chi connectivity index (χ0) is 11.4. The summed E-state index contributed by atoms with van der Waals surface area (Å²) in [4.78, 5) is 2.00. The van der Waals surface area contributed by atoms with Gasteiger partial charge in [-0.2, -0.15) is 0 Å². The molecule has 0 fully saturated rings. The normalized spacial score (nSPS) is 9.50. The molecule has 0 bridgehead atoms. The SMILES string of the molecule is CCCCCCSC(N)=S.CN(C)C. The number of hydrogen-bond acceptors (Lipinski definition) is 3. The van der Waals surface area contributed by atoms with Crippen LogP contribution in [0.25, 0.3) is 0 Å². The molecule has 0 amide bonds. The first-order valence-electron chi connectivity index (χ1n) is 5.03. The number of nitrogens with two attached hydrogens (primary N) is 1. The van der Waals surface area contributed by atoms with Gasteiger partial charge in [-0.05, 0) is 27.6 Å². The van der Waals surface area contributed by atoms with Crippen LogP contribution in [0.2, 0.25) is 0 Å². The van der Waals surface area contributed by atoms with Gasteiger partial charge in [0.1, 0.15) is 4.32 Å². The van der Waals surface area contributed by atoms with Crippen molar-refractivity contribution in [3.63, 3.8) is 0 Å². The summed E-state index contributed by atoms with van der Waals surface area (Å²) in [7, 11) is 6.00. The van der Waals surface area contributed by atoms with Crippen molar-refractivity contribution in [2.24, 2.45) is 5.73 Å². The highest BCUT2D eigenvalue weighted by Crippen LogP contribution is 2.06. The van der Waals surface area contributed by atoms with Crippen molar-refractivity contribution in [3.8, 4) is 0 Å². The Morgan fingerprint density at radius 2 is 1.71 bits per heavy atom. The zero-order valence-electron chi connectivity index (χ0n) is 9.88. The minimum absolute atomic E-state index is 0.580. The van der Waals surface area contributed by atoms with E-state index in [0.717, 1.165) is 5.75 Å². The molecule has 0 saturated carbocycles. The molecule has 0 aromatic carbocycles. The lowest BCUT2D eigenvalue weighted by Crippen LogP contribution is -2.02. The minimum Gasteiger partial charge on any atom is -0.385 e. The maximum absolute atomic E-state index is 5.30. The molecule has 4 heteroatoms. The Bertz CT molecular complexity index is 125. The monoisotopic (exact) mass is 236 g/mol. The fraction of sp³-hybridized carbons (Fsp3) is 0.900. The summed E-state index contributed by atoms with van der Waals surface area (Å²) in [6.45, 7) is 2.21. The standard InChI is InChI=1S/C7H15NS2.C3H9N/c1-2-3-4-5-6-10-7(8)9;1-4(2)3/h2-6H2,1H3,(H2,8,9);1-3H3. The van der Waals surface area contributed by atoms with Crippen LogP contribution in [0.1, 0.15) is 32.6 Å². The molecule has 0 heterocycles. The quantitative estimate of drug-likeness (QED) is 0.587. The second-order valence-corrected chi connectivity index (χ2v) is 5.40. The van der Waals surface area contributed by atoms with Gasteiger partial charge in [-0.1, -0.05) is 50.2 Å². The maximum atomic E-state index is 5.30. The molecule has 0 aromatic rings. The van der Waals surface area contributed by atoms with Crippen molar-refractivity contribution >= 4 is 28.3 Å². The molecule has 0 atom stereocenters. The van der Waals surface area contributed by atoms with Gasteiger partial charge in [0.2, 0.25) is 0 Å². The van der Waals surface area contributed by atoms with Crippen LogP contribution in [-0.2, 0) is 0 Å². The molecule has 0 aromatic heterocycles. The molecular formula is C10H24N2S2. The van der Waals surface area contributed by atoms with E-state index in [2.05, 4.69) is 6.92 Å². The summed E-state index contributed by atoms with van der Waals surface area (Å²) in [6, 6.07) is 0. The summed E-state index contributed by atoms with van der Waals surface area (Å²) < 4.78 is 0.580. The van der Waals surface area contributed by atoms with Crippen molar-refractivity contribution in [1.29, 1.82) is 0 Å². The van der Waals surface area contributed by atoms with Crippen LogP contribution < -0.4 is 5.73 Å². The van der Waals surface area contributed by atoms with Crippen LogP contribution in [0.5, 0.6) is 0 Å². The van der Waals surface area contributed by atoms with E-state index in [1.54, 1.807) is 11.8 Å². The van der Waals surface area contributed by atoms with E-state index in [0.29, 0.717) is 4.32 Å². The van der Waals surface area contributed by atoms with Gasteiger partial charge < -0.3 is 10.6 Å². The molecule has 2 nitrogen and oxygen atoms in total. The Morgan fingerprint density at radius 1 is 1.21 bits per heavy atom. The molecule has 0 radical (unpaired) electrons. The lowest BCUT2D eigenvalue weighted by Gasteiger charge is -1.97. The van der Waals surface area contributed by atoms with E-state index < -0.39 is 0 Å². The highest BCUT2D eigenvalue weighted by Gasteiger charge is 1.90. The third-order valence-corrected chi connectivity index (χ3v) is 2.37. The second kappa shape index (κ2) is 13.2. The highest BCUT2D eigenvalue weighted by molar-refractivity contribution is 8.22. The summed E-state index contributed by atoms with van der Waals surface area (Å²) in [5.41, 5.74) is 5.30. The van der Waals surface area contributed by atoms with Gasteiger partial charge in [0, 0.05) is 5.75 Å². The third-order valence-electron chi connectivity index (χ3n) is 1.24. The minimum atomic E-state index is 0.580. The van der Waals surface area contributed by atoms with Crippen molar-refractivity contribution < 1.29 is 0 Å². The van der Waals surface area contributed by atoms with E-state index in [-0.39, 0.29) is 0 Å². The molecule has 0 aliphatic heterocycles. The van der Waals surface area contributed by atoms with E-state index in [1.165, 1.54) is 25.7 Å². The Balaban J connectivity index is 0. The van der Waals surface area contributed by atoms with E-state index in [9.17, 15) is 0 Å². The average Bonchev–Trinajstić information content (AvgIpc) is 2.02. The predicted molar refractivity (Wildman–Crippen MR) is 73.0 cm³/mol. The van der Waals surface area contributed by atoms with Crippen molar-refractivity contribution in [1.82, 2.24) is 4.90 Å². The van der Waals surface area contributed by atoms with E-state index >= 15 is 0 Å². The second-order valence-electron chi connectivity index (χ2n) is 3.57. The predicted octanol–water partition coefficient (Wildman–Crippen LogP) is 2.72. The average molecular weight is 236 g/mol. The maximum Gasteiger partial charge on any atom is 0.131 e. The zero-order valence-corrected chi connectivity index (χ0v) is 11.5. The van der Waals surface area contributed by atoms with Gasteiger partial charge in [0.25, 0.3) is 0 Å². The number of unbranched alkanes of at least 4 members (excludes halogenated alkanes) is 3. The van der Waals surface area contributed by atoms with Gasteiger partial charge >= 0.3 is 0 Å². The first kappa shape index (κ1) is 16.6. The molecular weight excluding hydrogens is 212 g/mol. The summed E-state index contributed by atoms with van der Waals surface area (Å²) >= 11 is 6.31. The fourth-order valence-electron chi connectivity index (χ4n) is 0.702. The first-order chi connectivity index (χ1) is 6.50. The largest absolute Gasteiger partial charge is 0.385 e. The number of thiocarbonyl (C=S) groups is 1. The van der Waals surface area contributed by atoms with Crippen molar-refractivity contribution in [3.05, 3.63) is 0 Å². The van der Waals surface area contributed by atoms with Crippen LogP contribution in [0.4, 0.5) is 0 Å². The van der Waals surface area contributed by atoms with Crippen molar-refractivity contribution in [2.45, 2.75) is 32.6 Å². The lowest BCUT2D eigenvalue weighted by atomic mass is 10.2. The molecule has 0 saturated heterocycles. The van der Waals surface area contributed by atoms with Crippen LogP contribution in [0, 0.1) is 0 Å². The van der Waals surface area contributed by atoms with E-state index in [1.807, 2.05) is 26.0 Å². The molecule has 14 heavy (non-hydrogen) atoms. The molecule has 2 N–H and O–H groups in total. The summed E-state index contributed by atoms with van der Waals surface area (Å²) in [6.07, 6.45) is 5.18. The number of nitrogens with zero attached hydrogens (tertiary/aromatic N) is 1. The Labute approximate surface area is 98.6 Å². The Kier molecular flexibility index (Phi) is 15.7. The van der Waals surface area contributed by atoms with Gasteiger partial charge in [0.05, 0.1) is 0 Å². The van der Waals surface area contributed by atoms with Crippen molar-refractivity contribution in [2.75, 3.05) is 26.9 Å². The third kappa shape index (κ3) is 29.5. The van der Waals surface area contributed by atoms with Crippen LogP contribution in [0.15, 0.2) is 0 Å². The smallest absolute Gasteiger partial charge is 0.131 e.